The molecule has 1 amide bonds. The Hall–Kier alpha value is -2.43. The van der Waals surface area contributed by atoms with Crippen molar-refractivity contribution < 1.29 is 9.18 Å². The van der Waals surface area contributed by atoms with Gasteiger partial charge in [-0.15, -0.1) is 0 Å². The molecule has 1 heterocycles. The van der Waals surface area contributed by atoms with Gasteiger partial charge in [0, 0.05) is 12.6 Å². The van der Waals surface area contributed by atoms with Crippen LogP contribution in [0.25, 0.3) is 6.08 Å². The van der Waals surface area contributed by atoms with Crippen LogP contribution in [0.3, 0.4) is 0 Å². The molecule has 1 N–H and O–H groups in total. The van der Waals surface area contributed by atoms with Gasteiger partial charge in [-0.3, -0.25) is 9.48 Å². The second-order valence-corrected chi connectivity index (χ2v) is 3.71. The first-order valence-electron chi connectivity index (χ1n) is 5.34. The van der Waals surface area contributed by atoms with Crippen LogP contribution in [-0.2, 0) is 7.05 Å². The molecule has 1 aromatic heterocycles. The number of anilines is 1. The fourth-order valence-electron chi connectivity index (χ4n) is 1.63. The first kappa shape index (κ1) is 12.0. The van der Waals surface area contributed by atoms with Crippen molar-refractivity contribution in [2.75, 3.05) is 5.32 Å². The maximum Gasteiger partial charge on any atom is 0.274 e. The highest BCUT2D eigenvalue weighted by molar-refractivity contribution is 6.05. The van der Waals surface area contributed by atoms with E-state index in [9.17, 15) is 9.18 Å². The van der Waals surface area contributed by atoms with Crippen LogP contribution in [0.15, 0.2) is 37.0 Å². The summed E-state index contributed by atoms with van der Waals surface area (Å²) in [6.45, 7) is 3.60. The number of carbonyl (C=O) groups is 1. The lowest BCUT2D eigenvalue weighted by Crippen LogP contribution is -2.17. The minimum atomic E-state index is -0.479. The van der Waals surface area contributed by atoms with Crippen LogP contribution in [-0.4, -0.2) is 15.7 Å². The van der Waals surface area contributed by atoms with Gasteiger partial charge in [0.25, 0.3) is 5.91 Å². The van der Waals surface area contributed by atoms with Crippen LogP contribution in [0.5, 0.6) is 0 Å². The van der Waals surface area contributed by atoms with Gasteiger partial charge in [0.2, 0.25) is 0 Å². The summed E-state index contributed by atoms with van der Waals surface area (Å²) in [7, 11) is 1.64. The van der Waals surface area contributed by atoms with E-state index in [-0.39, 0.29) is 5.69 Å². The van der Waals surface area contributed by atoms with Gasteiger partial charge < -0.3 is 5.32 Å². The van der Waals surface area contributed by atoms with Crippen LogP contribution in [0.4, 0.5) is 10.1 Å². The fourth-order valence-corrected chi connectivity index (χ4v) is 1.63. The summed E-state index contributed by atoms with van der Waals surface area (Å²) < 4.78 is 14.8. The SMILES string of the molecule is C=Cc1cnn(C)c1C(=O)Nc1ccccc1F. The molecule has 0 spiro atoms. The van der Waals surface area contributed by atoms with E-state index < -0.39 is 11.7 Å². The molecule has 0 atom stereocenters. The van der Waals surface area contributed by atoms with E-state index in [1.54, 1.807) is 19.2 Å². The molecule has 0 aliphatic carbocycles. The minimum Gasteiger partial charge on any atom is -0.318 e. The van der Waals surface area contributed by atoms with Crippen molar-refractivity contribution in [3.63, 3.8) is 0 Å². The lowest BCUT2D eigenvalue weighted by molar-refractivity contribution is 0.101. The van der Waals surface area contributed by atoms with Crippen LogP contribution in [0.2, 0.25) is 0 Å². The maximum atomic E-state index is 13.4. The quantitative estimate of drug-likeness (QED) is 0.902. The molecule has 0 aliphatic heterocycles. The lowest BCUT2D eigenvalue weighted by Gasteiger charge is -2.07. The molecule has 0 fully saturated rings. The zero-order valence-corrected chi connectivity index (χ0v) is 9.85. The molecule has 5 heteroatoms. The highest BCUT2D eigenvalue weighted by Gasteiger charge is 2.16. The van der Waals surface area contributed by atoms with E-state index in [4.69, 9.17) is 0 Å². The van der Waals surface area contributed by atoms with Crippen molar-refractivity contribution >= 4 is 17.7 Å². The molecule has 0 saturated carbocycles. The average molecular weight is 245 g/mol. The molecule has 0 unspecified atom stereocenters. The molecule has 92 valence electrons. The summed E-state index contributed by atoms with van der Waals surface area (Å²) in [5, 5.41) is 6.47. The summed E-state index contributed by atoms with van der Waals surface area (Å²) in [5.41, 5.74) is 1.08. The van der Waals surface area contributed by atoms with Crippen molar-refractivity contribution in [2.45, 2.75) is 0 Å². The molecule has 18 heavy (non-hydrogen) atoms. The normalized spacial score (nSPS) is 10.1. The molecule has 0 saturated heterocycles. The summed E-state index contributed by atoms with van der Waals surface area (Å²) in [4.78, 5) is 12.0. The van der Waals surface area contributed by atoms with E-state index >= 15 is 0 Å². The number of hydrogen-bond acceptors (Lipinski definition) is 2. The van der Waals surface area contributed by atoms with E-state index in [1.807, 2.05) is 0 Å². The molecule has 0 radical (unpaired) electrons. The smallest absolute Gasteiger partial charge is 0.274 e. The summed E-state index contributed by atoms with van der Waals surface area (Å²) in [5.74, 6) is -0.900. The number of benzene rings is 1. The first-order chi connectivity index (χ1) is 8.63. The van der Waals surface area contributed by atoms with Gasteiger partial charge in [-0.1, -0.05) is 24.8 Å². The van der Waals surface area contributed by atoms with Crippen molar-refractivity contribution in [2.24, 2.45) is 7.05 Å². The number of halogens is 1. The molecular formula is C13H12FN3O. The standard InChI is InChI=1S/C13H12FN3O/c1-3-9-8-15-17(2)12(9)13(18)16-11-7-5-4-6-10(11)14/h3-8H,1H2,2H3,(H,16,18). The monoisotopic (exact) mass is 245 g/mol. The maximum absolute atomic E-state index is 13.4. The summed E-state index contributed by atoms with van der Waals surface area (Å²) in [6.07, 6.45) is 3.06. The number of carbonyl (C=O) groups excluding carboxylic acids is 1. The largest absolute Gasteiger partial charge is 0.318 e. The second kappa shape index (κ2) is 4.83. The molecule has 2 aromatic rings. The molecule has 2 rings (SSSR count). The third kappa shape index (κ3) is 2.15. The van der Waals surface area contributed by atoms with E-state index in [0.29, 0.717) is 11.3 Å². The lowest BCUT2D eigenvalue weighted by atomic mass is 10.2. The Morgan fingerprint density at radius 2 is 2.22 bits per heavy atom. The molecular weight excluding hydrogens is 233 g/mol. The number of aryl methyl sites for hydroxylation is 1. The predicted octanol–water partition coefficient (Wildman–Crippen LogP) is 2.45. The van der Waals surface area contributed by atoms with Crippen LogP contribution in [0.1, 0.15) is 16.1 Å². The Morgan fingerprint density at radius 3 is 2.89 bits per heavy atom. The third-order valence-electron chi connectivity index (χ3n) is 2.52. The first-order valence-corrected chi connectivity index (χ1v) is 5.34. The summed E-state index contributed by atoms with van der Waals surface area (Å²) >= 11 is 0. The highest BCUT2D eigenvalue weighted by atomic mass is 19.1. The zero-order valence-electron chi connectivity index (χ0n) is 9.85. The Labute approximate surface area is 104 Å². The summed E-state index contributed by atoms with van der Waals surface area (Å²) in [6, 6.07) is 5.99. The number of nitrogens with one attached hydrogen (secondary N) is 1. The van der Waals surface area contributed by atoms with Gasteiger partial charge in [-0.25, -0.2) is 4.39 Å². The van der Waals surface area contributed by atoms with E-state index in [1.165, 1.54) is 29.1 Å². The van der Waals surface area contributed by atoms with Gasteiger partial charge >= 0.3 is 0 Å². The van der Waals surface area contributed by atoms with Gasteiger partial charge in [0.1, 0.15) is 11.5 Å². The zero-order chi connectivity index (χ0) is 13.1. The molecule has 0 bridgehead atoms. The van der Waals surface area contributed by atoms with E-state index in [2.05, 4.69) is 17.0 Å². The number of amides is 1. The topological polar surface area (TPSA) is 46.9 Å². The van der Waals surface area contributed by atoms with Gasteiger partial charge in [0.15, 0.2) is 0 Å². The van der Waals surface area contributed by atoms with Crippen LogP contribution < -0.4 is 5.32 Å². The number of nitrogens with zero attached hydrogens (tertiary/aromatic N) is 2. The highest BCUT2D eigenvalue weighted by Crippen LogP contribution is 2.16. The Kier molecular flexibility index (Phi) is 3.23. The molecule has 0 aliphatic rings. The third-order valence-corrected chi connectivity index (χ3v) is 2.52. The number of hydrogen-bond donors (Lipinski definition) is 1. The average Bonchev–Trinajstić information content (AvgIpc) is 2.73. The van der Waals surface area contributed by atoms with Crippen molar-refractivity contribution in [3.8, 4) is 0 Å². The minimum absolute atomic E-state index is 0.138. The molecule has 4 nitrogen and oxygen atoms in total. The number of rotatable bonds is 3. The van der Waals surface area contributed by atoms with Crippen LogP contribution in [0, 0.1) is 5.82 Å². The predicted molar refractivity (Wildman–Crippen MR) is 67.7 cm³/mol. The van der Waals surface area contributed by atoms with Gasteiger partial charge in [-0.05, 0) is 12.1 Å². The molecule has 1 aromatic carbocycles. The second-order valence-electron chi connectivity index (χ2n) is 3.71. The Morgan fingerprint density at radius 1 is 1.50 bits per heavy atom. The van der Waals surface area contributed by atoms with Gasteiger partial charge in [0.05, 0.1) is 11.9 Å². The van der Waals surface area contributed by atoms with Gasteiger partial charge in [-0.2, -0.15) is 5.10 Å². The number of para-hydroxylation sites is 1. The Balaban J connectivity index is 2.30. The van der Waals surface area contributed by atoms with E-state index in [0.717, 1.165) is 0 Å². The number of aromatic nitrogens is 2. The van der Waals surface area contributed by atoms with Crippen molar-refractivity contribution in [3.05, 3.63) is 54.1 Å². The van der Waals surface area contributed by atoms with Crippen molar-refractivity contribution in [1.82, 2.24) is 9.78 Å². The van der Waals surface area contributed by atoms with Crippen LogP contribution >= 0.6 is 0 Å². The van der Waals surface area contributed by atoms with Crippen molar-refractivity contribution in [1.29, 1.82) is 0 Å². The fraction of sp³-hybridized carbons (Fsp3) is 0.0769. The Bertz CT molecular complexity index is 604.